The molecule has 0 radical (unpaired) electrons. The average molecular weight is 140 g/mol. The van der Waals surface area contributed by atoms with Gasteiger partial charge in [-0.2, -0.15) is 0 Å². The molecule has 10 heavy (non-hydrogen) atoms. The van der Waals surface area contributed by atoms with Crippen molar-refractivity contribution in [2.75, 3.05) is 0 Å². The Morgan fingerprint density at radius 3 is 2.50 bits per heavy atom. The van der Waals surface area contributed by atoms with Gasteiger partial charge in [-0.15, -0.1) is 0 Å². The second kappa shape index (κ2) is 2.06. The number of hydrogen-bond donors (Lipinski definition) is 0. The molecule has 56 valence electrons. The fourth-order valence-corrected chi connectivity index (χ4v) is 1.92. The molecule has 0 unspecified atom stereocenters. The standard InChI is InChI=1S/C8H12O2/c9-6-7-8(10-7)4-2-1-3-5-8/h6-7H,1-5H2/t7-/m1/s1. The Kier molecular flexibility index (Phi) is 1.31. The van der Waals surface area contributed by atoms with E-state index in [1.807, 2.05) is 0 Å². The van der Waals surface area contributed by atoms with E-state index in [0.717, 1.165) is 19.1 Å². The minimum atomic E-state index is -0.0483. The van der Waals surface area contributed by atoms with Gasteiger partial charge in [0.1, 0.15) is 11.7 Å². The Bertz CT molecular complexity index is 147. The third kappa shape index (κ3) is 0.788. The molecule has 2 rings (SSSR count). The molecule has 2 heteroatoms. The van der Waals surface area contributed by atoms with Crippen molar-refractivity contribution >= 4 is 6.29 Å². The second-order valence-electron chi connectivity index (χ2n) is 3.30. The molecular formula is C8H12O2. The molecule has 0 aromatic heterocycles. The lowest BCUT2D eigenvalue weighted by Gasteiger charge is -2.16. The Labute approximate surface area is 60.6 Å². The molecule has 2 fully saturated rings. The lowest BCUT2D eigenvalue weighted by atomic mass is 9.87. The molecule has 1 heterocycles. The topological polar surface area (TPSA) is 29.6 Å². The zero-order valence-electron chi connectivity index (χ0n) is 6.01. The summed E-state index contributed by atoms with van der Waals surface area (Å²) in [6.07, 6.45) is 6.91. The smallest absolute Gasteiger partial charge is 0.151 e. The first-order chi connectivity index (χ1) is 4.87. The van der Waals surface area contributed by atoms with E-state index in [2.05, 4.69) is 0 Å². The molecule has 0 aromatic carbocycles. The van der Waals surface area contributed by atoms with Gasteiger partial charge in [-0.1, -0.05) is 19.3 Å². The van der Waals surface area contributed by atoms with Crippen LogP contribution >= 0.6 is 0 Å². The SMILES string of the molecule is O=C[C@H]1OC12CCCCC2. The van der Waals surface area contributed by atoms with Gasteiger partial charge in [0.25, 0.3) is 0 Å². The number of carbonyl (C=O) groups excluding carboxylic acids is 1. The van der Waals surface area contributed by atoms with E-state index in [1.54, 1.807) is 0 Å². The van der Waals surface area contributed by atoms with Gasteiger partial charge in [0.05, 0.1) is 0 Å². The van der Waals surface area contributed by atoms with Crippen LogP contribution in [-0.2, 0) is 9.53 Å². The van der Waals surface area contributed by atoms with Crippen molar-refractivity contribution in [3.63, 3.8) is 0 Å². The van der Waals surface area contributed by atoms with Crippen LogP contribution in [0.1, 0.15) is 32.1 Å². The van der Waals surface area contributed by atoms with Crippen LogP contribution in [0, 0.1) is 0 Å². The van der Waals surface area contributed by atoms with Crippen LogP contribution < -0.4 is 0 Å². The molecule has 0 amide bonds. The summed E-state index contributed by atoms with van der Waals surface area (Å²) in [4.78, 5) is 10.3. The van der Waals surface area contributed by atoms with Crippen molar-refractivity contribution in [1.82, 2.24) is 0 Å². The van der Waals surface area contributed by atoms with Crippen molar-refractivity contribution in [2.24, 2.45) is 0 Å². The van der Waals surface area contributed by atoms with E-state index < -0.39 is 0 Å². The van der Waals surface area contributed by atoms with Crippen LogP contribution in [0.2, 0.25) is 0 Å². The predicted molar refractivity (Wildman–Crippen MR) is 36.8 cm³/mol. The van der Waals surface area contributed by atoms with Crippen LogP contribution in [0.3, 0.4) is 0 Å². The Morgan fingerprint density at radius 1 is 1.30 bits per heavy atom. The summed E-state index contributed by atoms with van der Waals surface area (Å²) < 4.78 is 5.33. The highest BCUT2D eigenvalue weighted by atomic mass is 16.6. The quantitative estimate of drug-likeness (QED) is 0.405. The molecule has 0 N–H and O–H groups in total. The third-order valence-corrected chi connectivity index (χ3v) is 2.65. The molecule has 1 saturated heterocycles. The first-order valence-electron chi connectivity index (χ1n) is 4.00. The van der Waals surface area contributed by atoms with E-state index in [1.165, 1.54) is 19.3 Å². The third-order valence-electron chi connectivity index (χ3n) is 2.65. The highest BCUT2D eigenvalue weighted by Gasteiger charge is 2.55. The first-order valence-corrected chi connectivity index (χ1v) is 4.00. The number of rotatable bonds is 1. The first kappa shape index (κ1) is 6.35. The fraction of sp³-hybridized carbons (Fsp3) is 0.875. The molecule has 1 saturated carbocycles. The van der Waals surface area contributed by atoms with Crippen LogP contribution in [-0.4, -0.2) is 18.0 Å². The maximum Gasteiger partial charge on any atom is 0.151 e. The number of carbonyl (C=O) groups is 1. The van der Waals surface area contributed by atoms with Gasteiger partial charge < -0.3 is 9.53 Å². The average Bonchev–Trinajstić information content (AvgIpc) is 2.65. The normalized spacial score (nSPS) is 35.8. The molecule has 0 bridgehead atoms. The Balaban J connectivity index is 1.97. The van der Waals surface area contributed by atoms with Crippen molar-refractivity contribution < 1.29 is 9.53 Å². The Morgan fingerprint density at radius 2 is 2.00 bits per heavy atom. The summed E-state index contributed by atoms with van der Waals surface area (Å²) in [7, 11) is 0. The van der Waals surface area contributed by atoms with Crippen LogP contribution in [0.15, 0.2) is 0 Å². The van der Waals surface area contributed by atoms with E-state index in [-0.39, 0.29) is 11.7 Å². The van der Waals surface area contributed by atoms with Crippen LogP contribution in [0.25, 0.3) is 0 Å². The second-order valence-corrected chi connectivity index (χ2v) is 3.30. The highest BCUT2D eigenvalue weighted by Crippen LogP contribution is 2.46. The molecule has 0 aromatic rings. The summed E-state index contributed by atoms with van der Waals surface area (Å²) in [5.74, 6) is 0. The van der Waals surface area contributed by atoms with Crippen LogP contribution in [0.4, 0.5) is 0 Å². The maximum atomic E-state index is 10.3. The summed E-state index contributed by atoms with van der Waals surface area (Å²) in [5, 5.41) is 0. The Hall–Kier alpha value is -0.370. The molecule has 1 atom stereocenters. The number of aldehydes is 1. The van der Waals surface area contributed by atoms with Crippen molar-refractivity contribution in [2.45, 2.75) is 43.8 Å². The van der Waals surface area contributed by atoms with Crippen molar-refractivity contribution in [3.05, 3.63) is 0 Å². The van der Waals surface area contributed by atoms with E-state index in [9.17, 15) is 4.79 Å². The summed E-state index contributed by atoms with van der Waals surface area (Å²) >= 11 is 0. The summed E-state index contributed by atoms with van der Waals surface area (Å²) in [6.45, 7) is 0. The number of ether oxygens (including phenoxy) is 1. The lowest BCUT2D eigenvalue weighted by Crippen LogP contribution is -2.19. The number of epoxide rings is 1. The monoisotopic (exact) mass is 140 g/mol. The van der Waals surface area contributed by atoms with Gasteiger partial charge in [0.15, 0.2) is 6.29 Å². The summed E-state index contributed by atoms with van der Waals surface area (Å²) in [6, 6.07) is 0. The lowest BCUT2D eigenvalue weighted by molar-refractivity contribution is -0.108. The maximum absolute atomic E-state index is 10.3. The van der Waals surface area contributed by atoms with Crippen LogP contribution in [0.5, 0.6) is 0 Å². The van der Waals surface area contributed by atoms with E-state index in [4.69, 9.17) is 4.74 Å². The largest absolute Gasteiger partial charge is 0.358 e. The van der Waals surface area contributed by atoms with Crippen molar-refractivity contribution in [1.29, 1.82) is 0 Å². The fourth-order valence-electron chi connectivity index (χ4n) is 1.92. The molecule has 1 aliphatic heterocycles. The van der Waals surface area contributed by atoms with Gasteiger partial charge >= 0.3 is 0 Å². The predicted octanol–water partition coefficient (Wildman–Crippen LogP) is 1.29. The van der Waals surface area contributed by atoms with E-state index >= 15 is 0 Å². The zero-order valence-corrected chi connectivity index (χ0v) is 6.01. The molecule has 2 aliphatic rings. The van der Waals surface area contributed by atoms with Gasteiger partial charge in [-0.05, 0) is 12.8 Å². The van der Waals surface area contributed by atoms with E-state index in [0.29, 0.717) is 0 Å². The van der Waals surface area contributed by atoms with Gasteiger partial charge in [-0.25, -0.2) is 0 Å². The van der Waals surface area contributed by atoms with Gasteiger partial charge in [-0.3, -0.25) is 0 Å². The molecule has 1 spiro atoms. The minimum Gasteiger partial charge on any atom is -0.358 e. The van der Waals surface area contributed by atoms with Gasteiger partial charge in [0.2, 0.25) is 0 Å². The van der Waals surface area contributed by atoms with Crippen molar-refractivity contribution in [3.8, 4) is 0 Å². The summed E-state index contributed by atoms with van der Waals surface area (Å²) in [5.41, 5.74) is 0.0278. The molecular weight excluding hydrogens is 128 g/mol. The molecule has 1 aliphatic carbocycles. The number of hydrogen-bond acceptors (Lipinski definition) is 2. The highest BCUT2D eigenvalue weighted by molar-refractivity contribution is 5.62. The van der Waals surface area contributed by atoms with Gasteiger partial charge in [0, 0.05) is 0 Å². The minimum absolute atomic E-state index is 0.0278. The molecule has 2 nitrogen and oxygen atoms in total. The zero-order chi connectivity index (χ0) is 7.03.